The molecule has 0 radical (unpaired) electrons. The van der Waals surface area contributed by atoms with Gasteiger partial charge in [-0.1, -0.05) is 13.0 Å². The van der Waals surface area contributed by atoms with Crippen molar-refractivity contribution in [1.29, 1.82) is 0 Å². The number of aromatic nitrogens is 3. The Hall–Kier alpha value is -2.97. The van der Waals surface area contributed by atoms with E-state index in [9.17, 15) is 14.9 Å². The van der Waals surface area contributed by atoms with Crippen molar-refractivity contribution < 1.29 is 14.8 Å². The summed E-state index contributed by atoms with van der Waals surface area (Å²) < 4.78 is 0. The Morgan fingerprint density at radius 1 is 1.48 bits per heavy atom. The molecule has 1 heterocycles. The molecule has 0 saturated heterocycles. The smallest absolute Gasteiger partial charge is 0.360 e. The van der Waals surface area contributed by atoms with E-state index in [4.69, 9.17) is 5.11 Å². The van der Waals surface area contributed by atoms with Crippen molar-refractivity contribution in [2.24, 2.45) is 0 Å². The third kappa shape index (κ3) is 3.14. The van der Waals surface area contributed by atoms with Gasteiger partial charge in [0, 0.05) is 18.7 Å². The third-order valence-corrected chi connectivity index (χ3v) is 2.63. The van der Waals surface area contributed by atoms with Gasteiger partial charge in [-0.15, -0.1) is 15.0 Å². The highest BCUT2D eigenvalue weighted by atomic mass is 16.6. The molecule has 0 fully saturated rings. The minimum absolute atomic E-state index is 0.121. The van der Waals surface area contributed by atoms with Crippen molar-refractivity contribution in [3.63, 3.8) is 0 Å². The molecule has 2 N–H and O–H groups in total. The highest BCUT2D eigenvalue weighted by molar-refractivity contribution is 5.90. The van der Waals surface area contributed by atoms with Gasteiger partial charge in [0.2, 0.25) is 5.69 Å². The van der Waals surface area contributed by atoms with Crippen LogP contribution in [0.25, 0.3) is 5.69 Å². The van der Waals surface area contributed by atoms with Crippen molar-refractivity contribution in [3.05, 3.63) is 40.1 Å². The summed E-state index contributed by atoms with van der Waals surface area (Å²) in [6.45, 7) is 2.48. The van der Waals surface area contributed by atoms with Crippen LogP contribution in [0.5, 0.6) is 0 Å². The second-order valence-electron chi connectivity index (χ2n) is 4.20. The van der Waals surface area contributed by atoms with E-state index >= 15 is 0 Å². The number of nitro groups is 1. The molecule has 0 aliphatic heterocycles. The first-order chi connectivity index (χ1) is 10.0. The van der Waals surface area contributed by atoms with Gasteiger partial charge in [-0.2, -0.15) is 0 Å². The average molecular weight is 291 g/mol. The predicted octanol–water partition coefficient (Wildman–Crippen LogP) is 1.70. The highest BCUT2D eigenvalue weighted by Gasteiger charge is 2.19. The molecule has 110 valence electrons. The highest BCUT2D eigenvalue weighted by Crippen LogP contribution is 2.18. The quantitative estimate of drug-likeness (QED) is 0.613. The van der Waals surface area contributed by atoms with Gasteiger partial charge in [0.15, 0.2) is 5.82 Å². The number of carboxylic acids is 1. The summed E-state index contributed by atoms with van der Waals surface area (Å²) in [6, 6.07) is 5.65. The zero-order valence-corrected chi connectivity index (χ0v) is 11.2. The number of nitrogens with one attached hydrogen (secondary N) is 1. The van der Waals surface area contributed by atoms with E-state index in [1.807, 2.05) is 6.92 Å². The number of carboxylic acid groups (broad SMARTS) is 1. The maximum absolute atomic E-state index is 11.1. The van der Waals surface area contributed by atoms with Gasteiger partial charge in [-0.25, -0.2) is 4.79 Å². The summed E-state index contributed by atoms with van der Waals surface area (Å²) in [4.78, 5) is 22.4. The van der Waals surface area contributed by atoms with Crippen LogP contribution in [0.4, 0.5) is 11.5 Å². The van der Waals surface area contributed by atoms with Crippen LogP contribution in [0.3, 0.4) is 0 Å². The van der Waals surface area contributed by atoms with Gasteiger partial charge < -0.3 is 10.4 Å². The molecule has 0 spiro atoms. The molecule has 0 aliphatic carbocycles. The van der Waals surface area contributed by atoms with Gasteiger partial charge in [-0.3, -0.25) is 10.1 Å². The molecule has 0 bridgehead atoms. The number of benzene rings is 1. The SMILES string of the molecule is CCCNc1nn(-c2cccc([N+](=O)[O-])c2)nc1C(=O)O. The zero-order valence-electron chi connectivity index (χ0n) is 11.2. The lowest BCUT2D eigenvalue weighted by Crippen LogP contribution is -2.06. The van der Waals surface area contributed by atoms with E-state index in [1.54, 1.807) is 6.07 Å². The van der Waals surface area contributed by atoms with Gasteiger partial charge in [-0.05, 0) is 12.5 Å². The molecule has 1 aromatic carbocycles. The lowest BCUT2D eigenvalue weighted by atomic mass is 10.3. The van der Waals surface area contributed by atoms with Crippen molar-refractivity contribution in [1.82, 2.24) is 15.0 Å². The fourth-order valence-electron chi connectivity index (χ4n) is 1.66. The molecule has 0 saturated carbocycles. The minimum atomic E-state index is -1.22. The third-order valence-electron chi connectivity index (χ3n) is 2.63. The summed E-state index contributed by atoms with van der Waals surface area (Å²) in [6.07, 6.45) is 0.794. The van der Waals surface area contributed by atoms with Gasteiger partial charge in [0.05, 0.1) is 10.6 Å². The van der Waals surface area contributed by atoms with Crippen LogP contribution in [0.1, 0.15) is 23.8 Å². The number of nitrogens with zero attached hydrogens (tertiary/aromatic N) is 4. The lowest BCUT2D eigenvalue weighted by molar-refractivity contribution is -0.384. The number of carbonyl (C=O) groups is 1. The van der Waals surface area contributed by atoms with Crippen molar-refractivity contribution in [3.8, 4) is 5.69 Å². The van der Waals surface area contributed by atoms with Crippen LogP contribution in [-0.2, 0) is 0 Å². The van der Waals surface area contributed by atoms with E-state index in [0.717, 1.165) is 11.2 Å². The van der Waals surface area contributed by atoms with Crippen LogP contribution in [-0.4, -0.2) is 37.5 Å². The molecule has 9 heteroatoms. The number of hydrogen-bond donors (Lipinski definition) is 2. The van der Waals surface area contributed by atoms with Crippen LogP contribution in [0.15, 0.2) is 24.3 Å². The second kappa shape index (κ2) is 5.99. The summed E-state index contributed by atoms with van der Waals surface area (Å²) in [5.74, 6) is -1.08. The zero-order chi connectivity index (χ0) is 15.4. The maximum atomic E-state index is 11.1. The fourth-order valence-corrected chi connectivity index (χ4v) is 1.66. The fraction of sp³-hybridized carbons (Fsp3) is 0.250. The molecule has 2 aromatic rings. The topological polar surface area (TPSA) is 123 Å². The normalized spacial score (nSPS) is 10.3. The van der Waals surface area contributed by atoms with Gasteiger partial charge >= 0.3 is 5.97 Å². The molecule has 21 heavy (non-hydrogen) atoms. The summed E-state index contributed by atoms with van der Waals surface area (Å²) in [5.41, 5.74) is -0.0315. The van der Waals surface area contributed by atoms with E-state index in [1.165, 1.54) is 18.2 Å². The monoisotopic (exact) mass is 291 g/mol. The summed E-state index contributed by atoms with van der Waals surface area (Å²) in [5, 5.41) is 30.6. The molecule has 9 nitrogen and oxygen atoms in total. The standard InChI is InChI=1S/C12H13N5O4/c1-2-6-13-11-10(12(18)19)14-16(15-11)8-4-3-5-9(7-8)17(20)21/h3-5,7H,2,6H2,1H3,(H,13,15)(H,18,19). The number of anilines is 1. The number of aromatic carboxylic acids is 1. The lowest BCUT2D eigenvalue weighted by Gasteiger charge is -2.00. The Labute approximate surface area is 119 Å². The molecule has 0 unspecified atom stereocenters. The first-order valence-electron chi connectivity index (χ1n) is 6.22. The molecule has 0 amide bonds. The van der Waals surface area contributed by atoms with Crippen LogP contribution >= 0.6 is 0 Å². The van der Waals surface area contributed by atoms with Gasteiger partial charge in [0.1, 0.15) is 0 Å². The molecule has 1 aromatic heterocycles. The first-order valence-corrected chi connectivity index (χ1v) is 6.22. The Balaban J connectivity index is 2.42. The van der Waals surface area contributed by atoms with Crippen LogP contribution in [0, 0.1) is 10.1 Å². The molecule has 0 atom stereocenters. The minimum Gasteiger partial charge on any atom is -0.476 e. The van der Waals surface area contributed by atoms with E-state index in [-0.39, 0.29) is 17.2 Å². The Morgan fingerprint density at radius 2 is 2.24 bits per heavy atom. The Morgan fingerprint density at radius 3 is 2.86 bits per heavy atom. The van der Waals surface area contributed by atoms with Crippen molar-refractivity contribution in [2.45, 2.75) is 13.3 Å². The molecule has 2 rings (SSSR count). The molecule has 0 aliphatic rings. The van der Waals surface area contributed by atoms with Gasteiger partial charge in [0.25, 0.3) is 5.69 Å². The Kier molecular flexibility index (Phi) is 4.12. The molecular formula is C12H13N5O4. The van der Waals surface area contributed by atoms with Crippen molar-refractivity contribution >= 4 is 17.5 Å². The number of nitro benzene ring substituents is 1. The molecular weight excluding hydrogens is 278 g/mol. The number of non-ortho nitro benzene ring substituents is 1. The summed E-state index contributed by atoms with van der Waals surface area (Å²) in [7, 11) is 0. The van der Waals surface area contributed by atoms with E-state index in [2.05, 4.69) is 15.5 Å². The maximum Gasteiger partial charge on any atom is 0.360 e. The summed E-state index contributed by atoms with van der Waals surface area (Å²) >= 11 is 0. The van der Waals surface area contributed by atoms with Crippen LogP contribution in [0.2, 0.25) is 0 Å². The number of rotatable bonds is 6. The second-order valence-corrected chi connectivity index (χ2v) is 4.20. The van der Waals surface area contributed by atoms with E-state index in [0.29, 0.717) is 12.2 Å². The Bertz CT molecular complexity index is 682. The van der Waals surface area contributed by atoms with Crippen LogP contribution < -0.4 is 5.32 Å². The average Bonchev–Trinajstić information content (AvgIpc) is 2.89. The van der Waals surface area contributed by atoms with Crippen molar-refractivity contribution in [2.75, 3.05) is 11.9 Å². The van der Waals surface area contributed by atoms with E-state index < -0.39 is 10.9 Å². The first kappa shape index (κ1) is 14.4. The predicted molar refractivity (Wildman–Crippen MR) is 73.8 cm³/mol. The largest absolute Gasteiger partial charge is 0.476 e. The number of hydrogen-bond acceptors (Lipinski definition) is 6.